The Kier molecular flexibility index (Phi) is 3.98. The minimum absolute atomic E-state index is 0.0416. The number of methoxy groups -OCH3 is 1. The van der Waals surface area contributed by atoms with Crippen LogP contribution in [0, 0.1) is 0 Å². The summed E-state index contributed by atoms with van der Waals surface area (Å²) in [6.45, 7) is 1.33. The molecule has 0 bridgehead atoms. The Balaban J connectivity index is 1.53. The molecular formula is C20H19N3O2. The highest BCUT2D eigenvalue weighted by molar-refractivity contribution is 6.05. The first-order valence-electron chi connectivity index (χ1n) is 8.31. The lowest BCUT2D eigenvalue weighted by atomic mass is 9.99. The van der Waals surface area contributed by atoms with Crippen molar-refractivity contribution in [1.29, 1.82) is 0 Å². The summed E-state index contributed by atoms with van der Waals surface area (Å²) >= 11 is 0. The Morgan fingerprint density at radius 2 is 2.04 bits per heavy atom. The molecule has 0 saturated heterocycles. The zero-order valence-corrected chi connectivity index (χ0v) is 14.0. The standard InChI is InChI=1S/C20H19N3O2/c1-25-17-7-5-14(6-8-17)15-9-11-23(12-10-15)20(24)18-4-2-3-16-13-21-22-19(16)18/h2-9,13H,10-12H2,1H3,(H,21,22). The summed E-state index contributed by atoms with van der Waals surface area (Å²) < 4.78 is 5.20. The molecule has 2 aromatic carbocycles. The van der Waals surface area contributed by atoms with Crippen molar-refractivity contribution in [2.75, 3.05) is 20.2 Å². The number of benzene rings is 2. The van der Waals surface area contributed by atoms with E-state index < -0.39 is 0 Å². The van der Waals surface area contributed by atoms with Gasteiger partial charge in [-0.25, -0.2) is 0 Å². The van der Waals surface area contributed by atoms with Gasteiger partial charge >= 0.3 is 0 Å². The number of para-hydroxylation sites is 1. The predicted octanol–water partition coefficient (Wildman–Crippen LogP) is 3.50. The first-order valence-corrected chi connectivity index (χ1v) is 8.31. The number of rotatable bonds is 3. The number of hydrogen-bond acceptors (Lipinski definition) is 3. The Morgan fingerprint density at radius 3 is 2.76 bits per heavy atom. The van der Waals surface area contributed by atoms with Crippen LogP contribution in [0.3, 0.4) is 0 Å². The van der Waals surface area contributed by atoms with Gasteiger partial charge in [0.2, 0.25) is 0 Å². The van der Waals surface area contributed by atoms with E-state index in [4.69, 9.17) is 4.74 Å². The van der Waals surface area contributed by atoms with Crippen molar-refractivity contribution >= 4 is 22.4 Å². The summed E-state index contributed by atoms with van der Waals surface area (Å²) in [5, 5.41) is 7.92. The fraction of sp³-hybridized carbons (Fsp3) is 0.200. The molecule has 0 spiro atoms. The molecule has 0 aliphatic carbocycles. The molecule has 0 unspecified atom stereocenters. The third-order valence-electron chi connectivity index (χ3n) is 4.66. The Morgan fingerprint density at radius 1 is 1.20 bits per heavy atom. The molecule has 1 amide bonds. The van der Waals surface area contributed by atoms with Crippen LogP contribution in [0.1, 0.15) is 22.3 Å². The minimum Gasteiger partial charge on any atom is -0.497 e. The average molecular weight is 333 g/mol. The molecule has 4 rings (SSSR count). The minimum atomic E-state index is 0.0416. The molecule has 0 atom stereocenters. The van der Waals surface area contributed by atoms with Crippen molar-refractivity contribution < 1.29 is 9.53 Å². The van der Waals surface area contributed by atoms with E-state index in [1.54, 1.807) is 13.3 Å². The second-order valence-electron chi connectivity index (χ2n) is 6.10. The van der Waals surface area contributed by atoms with E-state index in [1.807, 2.05) is 35.2 Å². The molecule has 0 saturated carbocycles. The van der Waals surface area contributed by atoms with E-state index in [0.717, 1.165) is 23.1 Å². The second kappa shape index (κ2) is 6.43. The normalized spacial score (nSPS) is 14.4. The predicted molar refractivity (Wildman–Crippen MR) is 97.6 cm³/mol. The Labute approximate surface area is 145 Å². The fourth-order valence-electron chi connectivity index (χ4n) is 3.24. The zero-order valence-electron chi connectivity index (χ0n) is 14.0. The number of nitrogens with zero attached hydrogens (tertiary/aromatic N) is 2. The molecule has 0 fully saturated rings. The smallest absolute Gasteiger partial charge is 0.256 e. The van der Waals surface area contributed by atoms with Gasteiger partial charge in [0.15, 0.2) is 0 Å². The zero-order chi connectivity index (χ0) is 17.2. The molecular weight excluding hydrogens is 314 g/mol. The number of hydrogen-bond donors (Lipinski definition) is 1. The summed E-state index contributed by atoms with van der Waals surface area (Å²) in [5.74, 6) is 0.893. The second-order valence-corrected chi connectivity index (χ2v) is 6.10. The first-order chi connectivity index (χ1) is 12.3. The van der Waals surface area contributed by atoms with Gasteiger partial charge in [0.25, 0.3) is 5.91 Å². The summed E-state index contributed by atoms with van der Waals surface area (Å²) in [6.07, 6.45) is 4.72. The van der Waals surface area contributed by atoms with E-state index in [1.165, 1.54) is 11.1 Å². The monoisotopic (exact) mass is 333 g/mol. The van der Waals surface area contributed by atoms with Crippen LogP contribution in [-0.2, 0) is 0 Å². The molecule has 1 aromatic heterocycles. The molecule has 0 radical (unpaired) electrons. The highest BCUT2D eigenvalue weighted by Crippen LogP contribution is 2.26. The first kappa shape index (κ1) is 15.4. The molecule has 1 N–H and O–H groups in total. The van der Waals surface area contributed by atoms with Crippen molar-refractivity contribution in [2.45, 2.75) is 6.42 Å². The largest absolute Gasteiger partial charge is 0.497 e. The van der Waals surface area contributed by atoms with E-state index in [9.17, 15) is 4.79 Å². The van der Waals surface area contributed by atoms with Crippen molar-refractivity contribution in [3.05, 3.63) is 65.9 Å². The third-order valence-corrected chi connectivity index (χ3v) is 4.66. The highest BCUT2D eigenvalue weighted by atomic mass is 16.5. The average Bonchev–Trinajstić information content (AvgIpc) is 3.16. The maximum absolute atomic E-state index is 12.9. The summed E-state index contributed by atoms with van der Waals surface area (Å²) in [4.78, 5) is 14.7. The van der Waals surface area contributed by atoms with Gasteiger partial charge < -0.3 is 9.64 Å². The van der Waals surface area contributed by atoms with Crippen LogP contribution in [0.4, 0.5) is 0 Å². The topological polar surface area (TPSA) is 58.2 Å². The van der Waals surface area contributed by atoms with Crippen molar-refractivity contribution in [2.24, 2.45) is 0 Å². The quantitative estimate of drug-likeness (QED) is 0.798. The number of ether oxygens (including phenoxy) is 1. The number of aromatic amines is 1. The number of carbonyl (C=O) groups excluding carboxylic acids is 1. The maximum Gasteiger partial charge on any atom is 0.256 e. The Bertz CT molecular complexity index is 941. The van der Waals surface area contributed by atoms with E-state index in [-0.39, 0.29) is 5.91 Å². The van der Waals surface area contributed by atoms with Crippen LogP contribution >= 0.6 is 0 Å². The third kappa shape index (κ3) is 2.89. The number of aromatic nitrogens is 2. The summed E-state index contributed by atoms with van der Waals surface area (Å²) in [7, 11) is 1.67. The molecule has 126 valence electrons. The number of amides is 1. The Hall–Kier alpha value is -3.08. The molecule has 5 heteroatoms. The molecule has 25 heavy (non-hydrogen) atoms. The van der Waals surface area contributed by atoms with Gasteiger partial charge in [-0.1, -0.05) is 30.3 Å². The van der Waals surface area contributed by atoms with Gasteiger partial charge in [0, 0.05) is 18.5 Å². The molecule has 3 aromatic rings. The SMILES string of the molecule is COc1ccc(C2=CCN(C(=O)c3cccc4cn[nH]c34)CC2)cc1. The van der Waals surface area contributed by atoms with Gasteiger partial charge in [-0.05, 0) is 35.8 Å². The van der Waals surface area contributed by atoms with Crippen LogP contribution in [0.5, 0.6) is 5.75 Å². The summed E-state index contributed by atoms with van der Waals surface area (Å²) in [6, 6.07) is 13.8. The maximum atomic E-state index is 12.9. The van der Waals surface area contributed by atoms with Crippen molar-refractivity contribution in [3.63, 3.8) is 0 Å². The highest BCUT2D eigenvalue weighted by Gasteiger charge is 2.21. The van der Waals surface area contributed by atoms with Crippen LogP contribution in [0.25, 0.3) is 16.5 Å². The van der Waals surface area contributed by atoms with Crippen LogP contribution in [-0.4, -0.2) is 41.2 Å². The van der Waals surface area contributed by atoms with Crippen LogP contribution < -0.4 is 4.74 Å². The molecule has 2 heterocycles. The van der Waals surface area contributed by atoms with E-state index >= 15 is 0 Å². The fourth-order valence-corrected chi connectivity index (χ4v) is 3.24. The van der Waals surface area contributed by atoms with Crippen molar-refractivity contribution in [1.82, 2.24) is 15.1 Å². The van der Waals surface area contributed by atoms with Gasteiger partial charge in [-0.3, -0.25) is 9.89 Å². The number of carbonyl (C=O) groups is 1. The van der Waals surface area contributed by atoms with Gasteiger partial charge in [-0.2, -0.15) is 5.10 Å². The van der Waals surface area contributed by atoms with E-state index in [0.29, 0.717) is 18.7 Å². The van der Waals surface area contributed by atoms with Crippen LogP contribution in [0.2, 0.25) is 0 Å². The van der Waals surface area contributed by atoms with Gasteiger partial charge in [0.1, 0.15) is 5.75 Å². The molecule has 1 aliphatic heterocycles. The van der Waals surface area contributed by atoms with Crippen LogP contribution in [0.15, 0.2) is 54.7 Å². The molecule has 1 aliphatic rings. The number of H-pyrrole nitrogens is 1. The van der Waals surface area contributed by atoms with Crippen molar-refractivity contribution in [3.8, 4) is 5.75 Å². The van der Waals surface area contributed by atoms with E-state index in [2.05, 4.69) is 28.4 Å². The van der Waals surface area contributed by atoms with Gasteiger partial charge in [-0.15, -0.1) is 0 Å². The number of nitrogens with one attached hydrogen (secondary N) is 1. The lowest BCUT2D eigenvalue weighted by Crippen LogP contribution is -2.34. The lowest BCUT2D eigenvalue weighted by molar-refractivity contribution is 0.0774. The molecule has 5 nitrogen and oxygen atoms in total. The van der Waals surface area contributed by atoms with Gasteiger partial charge in [0.05, 0.1) is 24.4 Å². The number of fused-ring (bicyclic) bond motifs is 1. The summed E-state index contributed by atoms with van der Waals surface area (Å²) in [5.41, 5.74) is 3.93. The lowest BCUT2D eigenvalue weighted by Gasteiger charge is -2.27.